The van der Waals surface area contributed by atoms with Crippen LogP contribution in [0.15, 0.2) is 301 Å². The number of alkyl halides is 1. The number of thiazole rings is 4. The molecule has 4 aromatic heterocycles. The van der Waals surface area contributed by atoms with E-state index in [0.717, 1.165) is 96.0 Å². The summed E-state index contributed by atoms with van der Waals surface area (Å²) in [4.78, 5) is 62.7. The fourth-order valence-electron chi connectivity index (χ4n) is 9.20. The second-order valence-electron chi connectivity index (χ2n) is 22.5. The van der Waals surface area contributed by atoms with Gasteiger partial charge in [0, 0.05) is 91.7 Å². The molecule has 0 fully saturated rings. The monoisotopic (exact) mass is 1850 g/mol. The zero-order valence-electron chi connectivity index (χ0n) is 59.1. The van der Waals surface area contributed by atoms with Gasteiger partial charge in [-0.3, -0.25) is 25.0 Å². The van der Waals surface area contributed by atoms with Crippen molar-refractivity contribution in [1.29, 1.82) is 0 Å². The molecule has 0 aliphatic carbocycles. The molecule has 0 spiro atoms. The number of para-hydroxylation sites is 6. The molecule has 558 valence electrons. The summed E-state index contributed by atoms with van der Waals surface area (Å²) in [5, 5.41) is 35.8. The number of carbonyl (C=O) groups excluding carboxylic acids is 1. The average molecular weight is 1850 g/mol. The van der Waals surface area contributed by atoms with Gasteiger partial charge in [-0.1, -0.05) is 143 Å². The quantitative estimate of drug-likeness (QED) is 0.0103. The Morgan fingerprint density at radius 1 is 0.427 bits per heavy atom. The van der Waals surface area contributed by atoms with Crippen LogP contribution in [0.3, 0.4) is 0 Å². The van der Waals surface area contributed by atoms with Crippen molar-refractivity contribution in [2.75, 3.05) is 34.5 Å². The molecule has 0 saturated heterocycles. The van der Waals surface area contributed by atoms with Gasteiger partial charge < -0.3 is 27.6 Å². The minimum absolute atomic E-state index is 0.0586. The topological polar surface area (TPSA) is 282 Å². The number of thiol groups is 2. The number of aromatic carboxylic acids is 1. The first-order valence-electron chi connectivity index (χ1n) is 32.6. The van der Waals surface area contributed by atoms with Gasteiger partial charge in [-0.05, 0) is 188 Å². The number of nitro benzene ring substituents is 2. The van der Waals surface area contributed by atoms with Gasteiger partial charge in [0.15, 0.2) is 0 Å². The standard InChI is InChI=1S/C14H12N2S.C14H11NS.C13H8N2O2S.C13H10N2S.C8H8O2.C7H4ClNO3.2C6H7NS.CH3I.2ClH.Sn/c1-15-11-8-6-10(7-9-11)14-16-12-4-2-3-5-13(12)17-14;1-10-6-8-11(9-7-10)14-15-12-4-2-3-5-13(12)16-14;16-15(17)10-7-5-9(6-8-10)13-14-11-3-1-2-4-12(11)18-13;14-10-7-5-9(6-8-10)13-15-11-3-1-2-4-12(11)16-13;1-6-2-4-7(5-3-6)8(9)10;8-7(10)5-1-3-6(4-2-5)9(11)12;2*7-5-3-1-2-4-6(5)8;1-2;;;/h2-9,15H,1H3;2-9H,1H3;1-8H;1-8H,14H2;2-5H,1H3,(H,9,10);1-4H;2*1-4,8H,7H2;1H3;2*1H;/q;;;;;;;;;;;+2/p-2. The Labute approximate surface area is 699 Å². The third kappa shape index (κ3) is 28.1. The molecule has 17 nitrogen and oxygen atoms in total. The van der Waals surface area contributed by atoms with Crippen LogP contribution in [0.25, 0.3) is 83.2 Å². The van der Waals surface area contributed by atoms with Crippen molar-refractivity contribution in [3.05, 3.63) is 334 Å². The Bertz CT molecular complexity index is 5210. The minimum atomic E-state index is -0.875. The number of nitrogen functional groups attached to an aromatic ring is 3. The molecule has 0 aliphatic rings. The Morgan fingerprint density at radius 3 is 0.964 bits per heavy atom. The zero-order chi connectivity index (χ0) is 79.5. The molecule has 0 atom stereocenters. The second kappa shape index (κ2) is 46.2. The van der Waals surface area contributed by atoms with Crippen LogP contribution >= 0.6 is 123 Å². The molecule has 28 heteroatoms. The molecule has 0 amide bonds. The molecule has 110 heavy (non-hydrogen) atoms. The molecule has 0 bridgehead atoms. The van der Waals surface area contributed by atoms with Crippen molar-refractivity contribution < 1.29 is 24.5 Å². The molecule has 0 saturated carbocycles. The molecule has 16 aromatic rings. The number of hydrogen-bond acceptors (Lipinski definition) is 20. The van der Waals surface area contributed by atoms with Gasteiger partial charge in [0.05, 0.1) is 56.3 Å². The van der Waals surface area contributed by atoms with Gasteiger partial charge in [-0.15, -0.1) is 70.6 Å². The zero-order valence-corrected chi connectivity index (χ0v) is 71.4. The summed E-state index contributed by atoms with van der Waals surface area (Å²) in [6, 6.07) is 90.5. The van der Waals surface area contributed by atoms with E-state index in [2.05, 4.69) is 165 Å². The number of anilines is 4. The second-order valence-corrected chi connectivity index (χ2v) is 32.2. The Morgan fingerprint density at radius 2 is 0.691 bits per heavy atom. The van der Waals surface area contributed by atoms with E-state index >= 15 is 0 Å². The van der Waals surface area contributed by atoms with E-state index in [4.69, 9.17) is 51.8 Å². The first-order chi connectivity index (χ1) is 53.1. The summed E-state index contributed by atoms with van der Waals surface area (Å²) >= 11 is 21.4. The number of aryl methyl sites for hydroxylation is 2. The van der Waals surface area contributed by atoms with E-state index < -0.39 is 39.9 Å². The van der Waals surface area contributed by atoms with Crippen LogP contribution in [-0.4, -0.2) is 77.0 Å². The van der Waals surface area contributed by atoms with Crippen molar-refractivity contribution in [3.8, 4) is 42.3 Å². The van der Waals surface area contributed by atoms with E-state index in [1.54, 1.807) is 81.7 Å². The van der Waals surface area contributed by atoms with Gasteiger partial charge >= 0.3 is 42.7 Å². The number of nitrogens with two attached hydrogens (primary N) is 3. The van der Waals surface area contributed by atoms with E-state index in [0.29, 0.717) is 5.56 Å². The number of aromatic nitrogens is 4. The molecule has 12 aromatic carbocycles. The number of nitrogens with zero attached hydrogens (tertiary/aromatic N) is 6. The predicted octanol–water partition coefficient (Wildman–Crippen LogP) is 24.5. The maximum absolute atomic E-state index is 10.6. The van der Waals surface area contributed by atoms with Crippen molar-refractivity contribution in [1.82, 2.24) is 19.9 Å². The fraction of sp³-hybridized carbons (Fsp3) is 0.0488. The van der Waals surface area contributed by atoms with Crippen molar-refractivity contribution >= 4 is 228 Å². The van der Waals surface area contributed by atoms with Gasteiger partial charge in [-0.25, -0.2) is 24.7 Å². The van der Waals surface area contributed by atoms with E-state index in [1.165, 1.54) is 67.2 Å². The third-order valence-corrected chi connectivity index (χ3v) is 20.2. The summed E-state index contributed by atoms with van der Waals surface area (Å²) in [6.45, 7) is 4.02. The predicted molar refractivity (Wildman–Crippen MR) is 481 cm³/mol. The average Bonchev–Trinajstić information content (AvgIpc) is 1.70. The van der Waals surface area contributed by atoms with Crippen LogP contribution < -0.4 is 22.5 Å². The number of rotatable bonds is 9. The van der Waals surface area contributed by atoms with Crippen LogP contribution in [0.5, 0.6) is 0 Å². The van der Waals surface area contributed by atoms with Crippen molar-refractivity contribution in [2.45, 2.75) is 23.6 Å². The SMILES string of the molecule is CI.CNc1ccc(-c2nc3ccccc3s2)cc1.Cc1ccc(-c2nc3ccccc3s2)cc1.Cc1ccc(C(=O)O)cc1.Nc1ccc(-c2nc3ccccc3s2)cc1.Nc1ccccc1S.Nc1ccccc1S.O=C(Cl)c1ccc([N+](=O)[O-])cc1.O=[N+]([O-])c1ccc(-c2nc3ccccc3s2)cc1.[Cl][Sn][Cl]. The van der Waals surface area contributed by atoms with Gasteiger partial charge in [0.25, 0.3) is 16.6 Å². The molecular formula is C82H70Cl3IN10O7S6Sn. The third-order valence-electron chi connectivity index (χ3n) is 14.9. The van der Waals surface area contributed by atoms with Gasteiger partial charge in [-0.2, -0.15) is 0 Å². The molecule has 0 aliphatic heterocycles. The van der Waals surface area contributed by atoms with Crippen LogP contribution in [-0.2, 0) is 0 Å². The van der Waals surface area contributed by atoms with Crippen LogP contribution in [0.4, 0.5) is 34.1 Å². The molecule has 0 unspecified atom stereocenters. The van der Waals surface area contributed by atoms with Crippen LogP contribution in [0, 0.1) is 34.1 Å². The fourth-order valence-corrected chi connectivity index (χ4v) is 13.5. The number of halogens is 4. The van der Waals surface area contributed by atoms with E-state index in [-0.39, 0.29) is 16.9 Å². The van der Waals surface area contributed by atoms with Crippen molar-refractivity contribution in [2.24, 2.45) is 0 Å². The number of nitrogens with one attached hydrogen (secondary N) is 1. The summed E-state index contributed by atoms with van der Waals surface area (Å²) < 4.78 is 4.82. The summed E-state index contributed by atoms with van der Waals surface area (Å²) in [5.74, 6) is -0.875. The van der Waals surface area contributed by atoms with Gasteiger partial charge in [0.2, 0.25) is 0 Å². The van der Waals surface area contributed by atoms with E-state index in [9.17, 15) is 29.8 Å². The van der Waals surface area contributed by atoms with Crippen LogP contribution in [0.1, 0.15) is 31.8 Å². The molecule has 2 radical (unpaired) electrons. The number of carboxylic acids is 1. The maximum atomic E-state index is 10.6. The molecule has 4 heterocycles. The summed E-state index contributed by atoms with van der Waals surface area (Å²) in [5.41, 5.74) is 31.5. The number of carbonyl (C=O) groups is 2. The number of nitro groups is 2. The molecule has 8 N–H and O–H groups in total. The summed E-state index contributed by atoms with van der Waals surface area (Å²) in [6.07, 6.45) is 0. The Kier molecular flexibility index (Phi) is 36.8. The molecular weight excluding hydrogens is 1780 g/mol. The van der Waals surface area contributed by atoms with E-state index in [1.807, 2.05) is 152 Å². The first-order valence-corrected chi connectivity index (χ1v) is 46.6. The Balaban J connectivity index is 0.000000176. The number of carboxylic acid groups (broad SMARTS) is 1. The summed E-state index contributed by atoms with van der Waals surface area (Å²) in [7, 11) is 11.8. The first kappa shape index (κ1) is 87.7. The Hall–Kier alpha value is -9.56. The normalized spacial score (nSPS) is 9.95. The molecule has 16 rings (SSSR count). The van der Waals surface area contributed by atoms with Crippen molar-refractivity contribution in [3.63, 3.8) is 0 Å². The van der Waals surface area contributed by atoms with Crippen LogP contribution in [0.2, 0.25) is 0 Å². The number of hydrogen-bond donors (Lipinski definition) is 7. The number of non-ortho nitro benzene ring substituents is 2. The number of fused-ring (bicyclic) bond motifs is 4. The number of benzene rings is 12. The van der Waals surface area contributed by atoms with Gasteiger partial charge in [0.1, 0.15) is 20.0 Å².